The van der Waals surface area contributed by atoms with Crippen molar-refractivity contribution in [2.75, 3.05) is 38.9 Å². The molecule has 28 heavy (non-hydrogen) atoms. The number of rotatable bonds is 15. The molecule has 0 radical (unpaired) electrons. The van der Waals surface area contributed by atoms with Gasteiger partial charge in [0.2, 0.25) is 5.13 Å². The van der Waals surface area contributed by atoms with Crippen molar-refractivity contribution in [3.8, 4) is 0 Å². The monoisotopic (exact) mass is 453 g/mol. The molecule has 1 aromatic heterocycles. The molecule has 0 aliphatic heterocycles. The highest BCUT2D eigenvalue weighted by molar-refractivity contribution is 7.81. The number of aromatic nitrogens is 2. The molecule has 0 fully saturated rings. The van der Waals surface area contributed by atoms with E-state index < -0.39 is 20.9 Å². The van der Waals surface area contributed by atoms with E-state index in [1.54, 1.807) is 0 Å². The van der Waals surface area contributed by atoms with Gasteiger partial charge in [-0.25, -0.2) is 0 Å². The molecule has 1 aromatic rings. The molecule has 0 bridgehead atoms. The van der Waals surface area contributed by atoms with Crippen molar-refractivity contribution in [3.05, 3.63) is 5.01 Å². The second-order valence-electron chi connectivity index (χ2n) is 5.75. The number of carbonyl (C=O) groups excluding carboxylic acids is 2. The number of thiol groups is 1. The highest BCUT2D eigenvalue weighted by Gasteiger charge is 2.37. The van der Waals surface area contributed by atoms with Gasteiger partial charge in [0, 0.05) is 46.8 Å². The summed E-state index contributed by atoms with van der Waals surface area (Å²) in [6, 6.07) is 0.530. The molecule has 0 saturated carbocycles. The number of ketones is 1. The van der Waals surface area contributed by atoms with Gasteiger partial charge in [0.05, 0.1) is 11.9 Å². The zero-order valence-corrected chi connectivity index (χ0v) is 18.9. The maximum Gasteiger partial charge on any atom is 0.500 e. The number of esters is 1. The molecular formula is C15H27N3O7S2Si. The first-order chi connectivity index (χ1) is 13.4. The lowest BCUT2D eigenvalue weighted by Gasteiger charge is -2.24. The van der Waals surface area contributed by atoms with Gasteiger partial charge in [-0.3, -0.25) is 9.59 Å². The molecular weight excluding hydrogens is 426 g/mol. The number of anilines is 1. The number of hydrogen-bond acceptors (Lipinski definition) is 12. The minimum Gasteiger partial charge on any atom is -0.458 e. The quantitative estimate of drug-likeness (QED) is 0.200. The van der Waals surface area contributed by atoms with Crippen molar-refractivity contribution in [2.45, 2.75) is 38.0 Å². The van der Waals surface area contributed by atoms with E-state index >= 15 is 0 Å². The fraction of sp³-hybridized carbons (Fsp3) is 0.733. The third-order valence-electron chi connectivity index (χ3n) is 3.78. The van der Waals surface area contributed by atoms with Gasteiger partial charge in [-0.2, -0.15) is 12.6 Å². The van der Waals surface area contributed by atoms with E-state index in [2.05, 4.69) is 28.1 Å². The summed E-state index contributed by atoms with van der Waals surface area (Å²) in [5, 5.41) is 21.7. The van der Waals surface area contributed by atoms with Gasteiger partial charge < -0.3 is 28.4 Å². The third kappa shape index (κ3) is 8.94. The maximum absolute atomic E-state index is 12.0. The lowest BCUT2D eigenvalue weighted by Crippen LogP contribution is -2.42. The average molecular weight is 454 g/mol. The molecule has 0 aromatic carbocycles. The topological polar surface area (TPSA) is 129 Å². The Kier molecular flexibility index (Phi) is 11.8. The van der Waals surface area contributed by atoms with Crippen LogP contribution >= 0.6 is 24.0 Å². The molecule has 2 N–H and O–H groups in total. The summed E-state index contributed by atoms with van der Waals surface area (Å²) in [4.78, 5) is 23.1. The van der Waals surface area contributed by atoms with Crippen LogP contribution in [0.1, 0.15) is 24.3 Å². The molecule has 0 amide bonds. The van der Waals surface area contributed by atoms with Gasteiger partial charge in [-0.15, -0.1) is 10.2 Å². The number of nitrogens with zero attached hydrogens (tertiary/aromatic N) is 2. The second kappa shape index (κ2) is 13.2. The molecule has 1 atom stereocenters. The number of carbonyl (C=O) groups is 2. The van der Waals surface area contributed by atoms with Gasteiger partial charge >= 0.3 is 14.8 Å². The predicted octanol–water partition coefficient (Wildman–Crippen LogP) is 0.901. The van der Waals surface area contributed by atoms with E-state index in [0.29, 0.717) is 29.0 Å². The Labute approximate surface area is 174 Å². The molecule has 0 saturated heterocycles. The Morgan fingerprint density at radius 1 is 1.25 bits per heavy atom. The van der Waals surface area contributed by atoms with Crippen LogP contribution in [0.2, 0.25) is 6.04 Å². The number of hydrogen-bond donors (Lipinski definition) is 3. The fourth-order valence-electron chi connectivity index (χ4n) is 2.27. The van der Waals surface area contributed by atoms with Crippen molar-refractivity contribution in [1.29, 1.82) is 0 Å². The predicted molar refractivity (Wildman–Crippen MR) is 109 cm³/mol. The van der Waals surface area contributed by atoms with Gasteiger partial charge in [0.15, 0.2) is 5.01 Å². The van der Waals surface area contributed by atoms with Crippen molar-refractivity contribution < 1.29 is 32.7 Å². The zero-order valence-electron chi connectivity index (χ0n) is 16.2. The molecule has 1 unspecified atom stereocenters. The summed E-state index contributed by atoms with van der Waals surface area (Å²) in [5.41, 5.74) is 0. The van der Waals surface area contributed by atoms with Gasteiger partial charge in [0.1, 0.15) is 12.4 Å². The summed E-state index contributed by atoms with van der Waals surface area (Å²) in [6.45, 7) is 0.179. The van der Waals surface area contributed by atoms with Crippen LogP contribution in [0.4, 0.5) is 5.13 Å². The minimum absolute atomic E-state index is 0.00426. The first kappa shape index (κ1) is 24.9. The zero-order chi connectivity index (χ0) is 21.0. The number of aliphatic hydroxyl groups is 1. The SMILES string of the molecule is CO[Si](CCCC(=O)CC(O)CNc1nnc(COC(=O)CS)s1)(OC)OC. The molecule has 1 rings (SSSR count). The largest absolute Gasteiger partial charge is 0.500 e. The fourth-order valence-corrected chi connectivity index (χ4v) is 4.74. The molecule has 0 aliphatic rings. The van der Waals surface area contributed by atoms with Gasteiger partial charge in [-0.1, -0.05) is 11.3 Å². The molecule has 160 valence electrons. The van der Waals surface area contributed by atoms with Crippen molar-refractivity contribution >= 4 is 49.7 Å². The van der Waals surface area contributed by atoms with Crippen LogP contribution in [0, 0.1) is 0 Å². The highest BCUT2D eigenvalue weighted by atomic mass is 32.1. The van der Waals surface area contributed by atoms with E-state index in [-0.39, 0.29) is 31.1 Å². The Balaban J connectivity index is 2.29. The van der Waals surface area contributed by atoms with E-state index in [1.165, 1.54) is 32.7 Å². The summed E-state index contributed by atoms with van der Waals surface area (Å²) in [7, 11) is 1.91. The van der Waals surface area contributed by atoms with E-state index in [9.17, 15) is 14.7 Å². The first-order valence-electron chi connectivity index (χ1n) is 8.56. The van der Waals surface area contributed by atoms with Crippen LogP contribution in [-0.4, -0.2) is 75.6 Å². The Morgan fingerprint density at radius 2 is 1.93 bits per heavy atom. The molecule has 1 heterocycles. The minimum atomic E-state index is -2.67. The van der Waals surface area contributed by atoms with Crippen LogP contribution in [0.3, 0.4) is 0 Å². The van der Waals surface area contributed by atoms with E-state index in [4.69, 9.17) is 18.0 Å². The van der Waals surface area contributed by atoms with Crippen LogP contribution in [0.25, 0.3) is 0 Å². The van der Waals surface area contributed by atoms with Crippen LogP contribution < -0.4 is 5.32 Å². The van der Waals surface area contributed by atoms with Crippen molar-refractivity contribution in [2.24, 2.45) is 0 Å². The van der Waals surface area contributed by atoms with Crippen molar-refractivity contribution in [1.82, 2.24) is 10.2 Å². The van der Waals surface area contributed by atoms with Gasteiger partial charge in [-0.05, 0) is 6.42 Å². The molecule has 13 heteroatoms. The lowest BCUT2D eigenvalue weighted by atomic mass is 10.1. The van der Waals surface area contributed by atoms with Crippen LogP contribution in [0.5, 0.6) is 0 Å². The van der Waals surface area contributed by atoms with E-state index in [0.717, 1.165) is 0 Å². The first-order valence-corrected chi connectivity index (χ1v) is 11.9. The number of nitrogens with one attached hydrogen (secondary N) is 1. The molecule has 0 spiro atoms. The number of ether oxygens (including phenoxy) is 1. The van der Waals surface area contributed by atoms with Crippen LogP contribution in [-0.2, 0) is 34.2 Å². The summed E-state index contributed by atoms with van der Waals surface area (Å²) in [6.07, 6.45) is 0.0446. The van der Waals surface area contributed by atoms with Crippen molar-refractivity contribution in [3.63, 3.8) is 0 Å². The number of aliphatic hydroxyl groups excluding tert-OH is 1. The van der Waals surface area contributed by atoms with E-state index in [1.807, 2.05) is 0 Å². The summed E-state index contributed by atoms with van der Waals surface area (Å²) >= 11 is 5.01. The smallest absolute Gasteiger partial charge is 0.458 e. The Morgan fingerprint density at radius 3 is 2.54 bits per heavy atom. The summed E-state index contributed by atoms with van der Waals surface area (Å²) < 4.78 is 20.8. The van der Waals surface area contributed by atoms with Gasteiger partial charge in [0.25, 0.3) is 0 Å². The van der Waals surface area contributed by atoms with Crippen LogP contribution in [0.15, 0.2) is 0 Å². The Hall–Kier alpha value is -1.09. The summed E-state index contributed by atoms with van der Waals surface area (Å²) in [5.74, 6) is -0.504. The number of Topliss-reactive ketones (excluding diaryl/α,β-unsaturated/α-hetero) is 1. The standard InChI is InChI=1S/C15H27N3O7S2Si/c1-22-28(23-2,24-3)6-4-5-11(19)7-12(20)8-16-15-18-17-13(27-15)9-25-14(21)10-26/h12,20,26H,4-10H2,1-3H3,(H,16,18). The average Bonchev–Trinajstić information content (AvgIpc) is 3.16. The molecule has 10 nitrogen and oxygen atoms in total. The molecule has 0 aliphatic carbocycles. The lowest BCUT2D eigenvalue weighted by molar-refractivity contribution is -0.141. The highest BCUT2D eigenvalue weighted by Crippen LogP contribution is 2.18. The third-order valence-corrected chi connectivity index (χ3v) is 7.72. The Bertz CT molecular complexity index is 608. The second-order valence-corrected chi connectivity index (χ2v) is 10.2. The maximum atomic E-state index is 12.0. The normalized spacial score (nSPS) is 12.6.